The van der Waals surface area contributed by atoms with Crippen LogP contribution in [0.15, 0.2) is 18.2 Å². The Hall–Kier alpha value is -1.55. The highest BCUT2D eigenvalue weighted by Gasteiger charge is 2.27. The molecule has 0 radical (unpaired) electrons. The minimum absolute atomic E-state index is 0.0481. The standard InChI is InChI=1S/C14H20N2O2/c1-10-5-6-13(17)12(8-10)14(18)16-7-3-2-4-11(16)9-15/h5-6,8,11,17H,2-4,7,9,15H2,1H3. The molecule has 18 heavy (non-hydrogen) atoms. The van der Waals surface area contributed by atoms with Gasteiger partial charge in [0.1, 0.15) is 5.75 Å². The van der Waals surface area contributed by atoms with Gasteiger partial charge in [-0.2, -0.15) is 0 Å². The van der Waals surface area contributed by atoms with E-state index < -0.39 is 0 Å². The molecule has 1 unspecified atom stereocenters. The lowest BCUT2D eigenvalue weighted by molar-refractivity contribution is 0.0620. The molecule has 0 bridgehead atoms. The van der Waals surface area contributed by atoms with Crippen LogP contribution in [0.2, 0.25) is 0 Å². The van der Waals surface area contributed by atoms with Crippen LogP contribution in [-0.2, 0) is 0 Å². The number of phenolic OH excluding ortho intramolecular Hbond substituents is 1. The van der Waals surface area contributed by atoms with Gasteiger partial charge in [-0.15, -0.1) is 0 Å². The number of aromatic hydroxyl groups is 1. The van der Waals surface area contributed by atoms with Crippen molar-refractivity contribution in [1.29, 1.82) is 0 Å². The molecule has 4 heteroatoms. The number of hydrogen-bond donors (Lipinski definition) is 2. The van der Waals surface area contributed by atoms with Gasteiger partial charge in [-0.25, -0.2) is 0 Å². The number of piperidine rings is 1. The van der Waals surface area contributed by atoms with E-state index in [0.717, 1.165) is 31.4 Å². The van der Waals surface area contributed by atoms with Crippen LogP contribution in [0.4, 0.5) is 0 Å². The smallest absolute Gasteiger partial charge is 0.257 e. The topological polar surface area (TPSA) is 66.6 Å². The monoisotopic (exact) mass is 248 g/mol. The molecule has 0 spiro atoms. The van der Waals surface area contributed by atoms with Gasteiger partial charge in [0.05, 0.1) is 5.56 Å². The lowest BCUT2D eigenvalue weighted by Gasteiger charge is -2.35. The average Bonchev–Trinajstić information content (AvgIpc) is 2.40. The summed E-state index contributed by atoms with van der Waals surface area (Å²) >= 11 is 0. The predicted molar refractivity (Wildman–Crippen MR) is 70.6 cm³/mol. The SMILES string of the molecule is Cc1ccc(O)c(C(=O)N2CCCCC2CN)c1. The summed E-state index contributed by atoms with van der Waals surface area (Å²) in [7, 11) is 0. The molecule has 1 atom stereocenters. The van der Waals surface area contributed by atoms with Crippen molar-refractivity contribution in [3.63, 3.8) is 0 Å². The lowest BCUT2D eigenvalue weighted by Crippen LogP contribution is -2.47. The van der Waals surface area contributed by atoms with Crippen LogP contribution < -0.4 is 5.73 Å². The van der Waals surface area contributed by atoms with E-state index in [9.17, 15) is 9.90 Å². The van der Waals surface area contributed by atoms with Crippen LogP contribution >= 0.6 is 0 Å². The first-order valence-electron chi connectivity index (χ1n) is 6.44. The summed E-state index contributed by atoms with van der Waals surface area (Å²) in [5, 5.41) is 9.82. The van der Waals surface area contributed by atoms with Gasteiger partial charge in [-0.3, -0.25) is 4.79 Å². The van der Waals surface area contributed by atoms with E-state index in [1.54, 1.807) is 23.1 Å². The van der Waals surface area contributed by atoms with Crippen molar-refractivity contribution in [1.82, 2.24) is 4.90 Å². The fraction of sp³-hybridized carbons (Fsp3) is 0.500. The van der Waals surface area contributed by atoms with Gasteiger partial charge in [0.25, 0.3) is 5.91 Å². The van der Waals surface area contributed by atoms with E-state index in [4.69, 9.17) is 5.73 Å². The molecule has 1 aromatic carbocycles. The van der Waals surface area contributed by atoms with Gasteiger partial charge in [0, 0.05) is 19.1 Å². The highest BCUT2D eigenvalue weighted by Crippen LogP contribution is 2.24. The van der Waals surface area contributed by atoms with E-state index in [1.807, 2.05) is 6.92 Å². The molecule has 98 valence electrons. The first kappa shape index (κ1) is 12.9. The summed E-state index contributed by atoms with van der Waals surface area (Å²) in [6, 6.07) is 5.21. The van der Waals surface area contributed by atoms with E-state index >= 15 is 0 Å². The maximum absolute atomic E-state index is 12.5. The van der Waals surface area contributed by atoms with Gasteiger partial charge in [-0.05, 0) is 38.3 Å². The third-order valence-electron chi connectivity index (χ3n) is 3.54. The number of phenols is 1. The van der Waals surface area contributed by atoms with Gasteiger partial charge >= 0.3 is 0 Å². The van der Waals surface area contributed by atoms with Crippen molar-refractivity contribution in [2.24, 2.45) is 5.73 Å². The largest absolute Gasteiger partial charge is 0.507 e. The van der Waals surface area contributed by atoms with Crippen LogP contribution in [0.1, 0.15) is 35.2 Å². The number of nitrogens with zero attached hydrogens (tertiary/aromatic N) is 1. The Kier molecular flexibility index (Phi) is 3.87. The van der Waals surface area contributed by atoms with Crippen molar-refractivity contribution in [3.8, 4) is 5.75 Å². The lowest BCUT2D eigenvalue weighted by atomic mass is 10.00. The predicted octanol–water partition coefficient (Wildman–Crippen LogP) is 1.65. The zero-order chi connectivity index (χ0) is 13.1. The van der Waals surface area contributed by atoms with Gasteiger partial charge in [0.2, 0.25) is 0 Å². The van der Waals surface area contributed by atoms with Crippen LogP contribution in [0.5, 0.6) is 5.75 Å². The second-order valence-corrected chi connectivity index (χ2v) is 4.90. The molecule has 0 saturated carbocycles. The number of aryl methyl sites for hydroxylation is 1. The van der Waals surface area contributed by atoms with Gasteiger partial charge in [0.15, 0.2) is 0 Å². The Morgan fingerprint density at radius 2 is 2.28 bits per heavy atom. The van der Waals surface area contributed by atoms with Crippen LogP contribution in [-0.4, -0.2) is 35.0 Å². The molecule has 0 aliphatic carbocycles. The zero-order valence-electron chi connectivity index (χ0n) is 10.7. The highest BCUT2D eigenvalue weighted by atomic mass is 16.3. The van der Waals surface area contributed by atoms with Crippen molar-refractivity contribution in [2.75, 3.05) is 13.1 Å². The maximum Gasteiger partial charge on any atom is 0.257 e. The Morgan fingerprint density at radius 1 is 1.50 bits per heavy atom. The molecular weight excluding hydrogens is 228 g/mol. The Bertz CT molecular complexity index is 445. The normalized spacial score (nSPS) is 19.9. The molecule has 1 saturated heterocycles. The Labute approximate surface area is 107 Å². The second kappa shape index (κ2) is 5.40. The molecule has 4 nitrogen and oxygen atoms in total. The maximum atomic E-state index is 12.5. The van der Waals surface area contributed by atoms with Crippen molar-refractivity contribution in [3.05, 3.63) is 29.3 Å². The molecule has 1 heterocycles. The van der Waals surface area contributed by atoms with Crippen LogP contribution in [0, 0.1) is 6.92 Å². The number of carbonyl (C=O) groups is 1. The molecule has 0 aromatic heterocycles. The molecule has 1 aliphatic heterocycles. The quantitative estimate of drug-likeness (QED) is 0.836. The van der Waals surface area contributed by atoms with Crippen molar-refractivity contribution in [2.45, 2.75) is 32.2 Å². The first-order chi connectivity index (χ1) is 8.63. The fourth-order valence-corrected chi connectivity index (χ4v) is 2.49. The fourth-order valence-electron chi connectivity index (χ4n) is 2.49. The summed E-state index contributed by atoms with van der Waals surface area (Å²) in [4.78, 5) is 14.3. The number of carbonyl (C=O) groups excluding carboxylic acids is 1. The summed E-state index contributed by atoms with van der Waals surface area (Å²) in [6.07, 6.45) is 3.08. The number of hydrogen-bond acceptors (Lipinski definition) is 3. The van der Waals surface area contributed by atoms with Crippen LogP contribution in [0.25, 0.3) is 0 Å². The molecule has 2 rings (SSSR count). The number of rotatable bonds is 2. The second-order valence-electron chi connectivity index (χ2n) is 4.90. The number of nitrogens with two attached hydrogens (primary N) is 1. The third-order valence-corrected chi connectivity index (χ3v) is 3.54. The minimum Gasteiger partial charge on any atom is -0.507 e. The Morgan fingerprint density at radius 3 is 3.00 bits per heavy atom. The third kappa shape index (κ3) is 2.48. The molecule has 1 aliphatic rings. The van der Waals surface area contributed by atoms with Gasteiger partial charge in [-0.1, -0.05) is 11.6 Å². The van der Waals surface area contributed by atoms with E-state index in [1.165, 1.54) is 0 Å². The molecular formula is C14H20N2O2. The van der Waals surface area contributed by atoms with Gasteiger partial charge < -0.3 is 15.7 Å². The summed E-state index contributed by atoms with van der Waals surface area (Å²) in [6.45, 7) is 3.12. The summed E-state index contributed by atoms with van der Waals surface area (Å²) in [5.74, 6) is -0.0571. The number of benzene rings is 1. The number of amides is 1. The van der Waals surface area contributed by atoms with Crippen LogP contribution in [0.3, 0.4) is 0 Å². The first-order valence-corrected chi connectivity index (χ1v) is 6.44. The Balaban J connectivity index is 2.26. The summed E-state index contributed by atoms with van der Waals surface area (Å²) in [5.41, 5.74) is 7.08. The van der Waals surface area contributed by atoms with E-state index in [-0.39, 0.29) is 17.7 Å². The van der Waals surface area contributed by atoms with E-state index in [0.29, 0.717) is 12.1 Å². The molecule has 3 N–H and O–H groups in total. The zero-order valence-corrected chi connectivity index (χ0v) is 10.7. The molecule has 1 fully saturated rings. The van der Waals surface area contributed by atoms with Crippen molar-refractivity contribution < 1.29 is 9.90 Å². The minimum atomic E-state index is -0.105. The average molecular weight is 248 g/mol. The molecule has 1 aromatic rings. The summed E-state index contributed by atoms with van der Waals surface area (Å²) < 4.78 is 0. The molecule has 1 amide bonds. The number of likely N-dealkylation sites (tertiary alicyclic amines) is 1. The van der Waals surface area contributed by atoms with Crippen molar-refractivity contribution >= 4 is 5.91 Å². The van der Waals surface area contributed by atoms with E-state index in [2.05, 4.69) is 0 Å². The highest BCUT2D eigenvalue weighted by molar-refractivity contribution is 5.97.